The van der Waals surface area contributed by atoms with Gasteiger partial charge in [0.05, 0.1) is 17.1 Å². The molecule has 0 saturated carbocycles. The molecule has 0 saturated heterocycles. The van der Waals surface area contributed by atoms with Gasteiger partial charge in [-0.05, 0) is 17.0 Å². The second-order valence-electron chi connectivity index (χ2n) is 4.61. The SMILES string of the molecule is c1ccc2c(c1)CC(c1[nH]cc3ccccc13)=N2. The lowest BCUT2D eigenvalue weighted by Gasteiger charge is -1.98. The molecular formula is C16H12N2. The van der Waals surface area contributed by atoms with E-state index < -0.39 is 0 Å². The molecule has 0 fully saturated rings. The van der Waals surface area contributed by atoms with Crippen LogP contribution in [0.5, 0.6) is 0 Å². The first-order chi connectivity index (χ1) is 8.92. The Morgan fingerprint density at radius 3 is 2.72 bits per heavy atom. The van der Waals surface area contributed by atoms with Crippen molar-refractivity contribution in [2.45, 2.75) is 6.42 Å². The van der Waals surface area contributed by atoms with Crippen molar-refractivity contribution >= 4 is 22.2 Å². The quantitative estimate of drug-likeness (QED) is 0.660. The van der Waals surface area contributed by atoms with Crippen molar-refractivity contribution in [3.63, 3.8) is 0 Å². The number of fused-ring (bicyclic) bond motifs is 2. The lowest BCUT2D eigenvalue weighted by Crippen LogP contribution is -2.00. The number of aliphatic imine (C=N–C) groups is 1. The summed E-state index contributed by atoms with van der Waals surface area (Å²) in [6.45, 7) is 0. The fourth-order valence-corrected chi connectivity index (χ4v) is 2.60. The molecule has 0 spiro atoms. The lowest BCUT2D eigenvalue weighted by atomic mass is 10.1. The minimum Gasteiger partial charge on any atom is -0.359 e. The van der Waals surface area contributed by atoms with Crippen LogP contribution in [0.25, 0.3) is 10.8 Å². The Labute approximate surface area is 105 Å². The molecule has 0 unspecified atom stereocenters. The van der Waals surface area contributed by atoms with Gasteiger partial charge in [-0.25, -0.2) is 0 Å². The van der Waals surface area contributed by atoms with Crippen LogP contribution < -0.4 is 0 Å². The van der Waals surface area contributed by atoms with Crippen LogP contribution in [0, 0.1) is 0 Å². The molecule has 18 heavy (non-hydrogen) atoms. The van der Waals surface area contributed by atoms with E-state index in [-0.39, 0.29) is 0 Å². The van der Waals surface area contributed by atoms with Crippen molar-refractivity contribution in [1.82, 2.24) is 4.98 Å². The van der Waals surface area contributed by atoms with Gasteiger partial charge in [0.15, 0.2) is 0 Å². The molecule has 86 valence electrons. The van der Waals surface area contributed by atoms with Gasteiger partial charge in [-0.2, -0.15) is 0 Å². The van der Waals surface area contributed by atoms with Crippen molar-refractivity contribution in [3.8, 4) is 0 Å². The highest BCUT2D eigenvalue weighted by atomic mass is 14.8. The van der Waals surface area contributed by atoms with Gasteiger partial charge in [0.25, 0.3) is 0 Å². The van der Waals surface area contributed by atoms with E-state index in [1.54, 1.807) is 0 Å². The van der Waals surface area contributed by atoms with E-state index in [1.165, 1.54) is 16.3 Å². The zero-order valence-electron chi connectivity index (χ0n) is 9.85. The Hall–Kier alpha value is -2.35. The molecule has 3 aromatic rings. The Balaban J connectivity index is 1.87. The second-order valence-corrected chi connectivity index (χ2v) is 4.61. The molecule has 0 amide bonds. The summed E-state index contributed by atoms with van der Waals surface area (Å²) in [5, 5.41) is 2.50. The first-order valence-corrected chi connectivity index (χ1v) is 6.14. The van der Waals surface area contributed by atoms with Crippen molar-refractivity contribution in [2.75, 3.05) is 0 Å². The van der Waals surface area contributed by atoms with Crippen LogP contribution in [-0.4, -0.2) is 10.7 Å². The van der Waals surface area contributed by atoms with Gasteiger partial charge in [0, 0.05) is 18.0 Å². The number of para-hydroxylation sites is 1. The van der Waals surface area contributed by atoms with Gasteiger partial charge >= 0.3 is 0 Å². The van der Waals surface area contributed by atoms with Gasteiger partial charge in [-0.1, -0.05) is 42.5 Å². The predicted molar refractivity (Wildman–Crippen MR) is 74.6 cm³/mol. The molecule has 2 nitrogen and oxygen atoms in total. The minimum absolute atomic E-state index is 0.917. The van der Waals surface area contributed by atoms with Crippen LogP contribution in [0.3, 0.4) is 0 Å². The molecule has 2 heterocycles. The van der Waals surface area contributed by atoms with Gasteiger partial charge in [0.2, 0.25) is 0 Å². The lowest BCUT2D eigenvalue weighted by molar-refractivity contribution is 1.33. The monoisotopic (exact) mass is 232 g/mol. The van der Waals surface area contributed by atoms with Crippen molar-refractivity contribution in [2.24, 2.45) is 4.99 Å². The summed E-state index contributed by atoms with van der Waals surface area (Å²) >= 11 is 0. The Morgan fingerprint density at radius 2 is 1.78 bits per heavy atom. The summed E-state index contributed by atoms with van der Waals surface area (Å²) in [5.41, 5.74) is 4.71. The molecule has 2 heteroatoms. The third-order valence-corrected chi connectivity index (χ3v) is 3.50. The maximum atomic E-state index is 4.73. The van der Waals surface area contributed by atoms with Crippen LogP contribution >= 0.6 is 0 Å². The highest BCUT2D eigenvalue weighted by molar-refractivity contribution is 6.13. The maximum Gasteiger partial charge on any atom is 0.0696 e. The van der Waals surface area contributed by atoms with Gasteiger partial charge in [-0.3, -0.25) is 4.99 Å². The van der Waals surface area contributed by atoms with E-state index in [0.29, 0.717) is 0 Å². The van der Waals surface area contributed by atoms with Gasteiger partial charge < -0.3 is 4.98 Å². The van der Waals surface area contributed by atoms with Gasteiger partial charge in [0.1, 0.15) is 0 Å². The third-order valence-electron chi connectivity index (χ3n) is 3.50. The van der Waals surface area contributed by atoms with E-state index in [9.17, 15) is 0 Å². The first-order valence-electron chi connectivity index (χ1n) is 6.14. The number of aromatic amines is 1. The van der Waals surface area contributed by atoms with E-state index in [1.807, 2.05) is 6.07 Å². The number of hydrogen-bond acceptors (Lipinski definition) is 1. The normalized spacial score (nSPS) is 13.7. The fourth-order valence-electron chi connectivity index (χ4n) is 2.60. The number of hydrogen-bond donors (Lipinski definition) is 1. The molecule has 0 aliphatic carbocycles. The number of nitrogens with zero attached hydrogens (tertiary/aromatic N) is 1. The largest absolute Gasteiger partial charge is 0.359 e. The number of nitrogens with one attached hydrogen (secondary N) is 1. The molecule has 4 rings (SSSR count). The van der Waals surface area contributed by atoms with E-state index in [4.69, 9.17) is 4.99 Å². The topological polar surface area (TPSA) is 28.1 Å². The molecule has 1 N–H and O–H groups in total. The Morgan fingerprint density at radius 1 is 0.944 bits per heavy atom. The summed E-state index contributed by atoms with van der Waals surface area (Å²) in [6.07, 6.45) is 2.97. The summed E-state index contributed by atoms with van der Waals surface area (Å²) in [6, 6.07) is 16.7. The van der Waals surface area contributed by atoms with Crippen LogP contribution in [-0.2, 0) is 6.42 Å². The van der Waals surface area contributed by atoms with Crippen LogP contribution in [0.1, 0.15) is 11.3 Å². The summed E-state index contributed by atoms with van der Waals surface area (Å²) in [7, 11) is 0. The molecule has 0 bridgehead atoms. The van der Waals surface area contributed by atoms with Crippen LogP contribution in [0.15, 0.2) is 59.7 Å². The van der Waals surface area contributed by atoms with Crippen molar-refractivity contribution in [1.29, 1.82) is 0 Å². The average molecular weight is 232 g/mol. The summed E-state index contributed by atoms with van der Waals surface area (Å²) < 4.78 is 0. The number of H-pyrrole nitrogens is 1. The highest BCUT2D eigenvalue weighted by Crippen LogP contribution is 2.30. The molecule has 1 aliphatic heterocycles. The van der Waals surface area contributed by atoms with E-state index in [0.717, 1.165) is 23.5 Å². The summed E-state index contributed by atoms with van der Waals surface area (Å²) in [4.78, 5) is 8.09. The predicted octanol–water partition coefficient (Wildman–Crippen LogP) is 3.84. The number of benzene rings is 2. The zero-order chi connectivity index (χ0) is 11.9. The molecule has 1 aliphatic rings. The van der Waals surface area contributed by atoms with Crippen molar-refractivity contribution in [3.05, 3.63) is 66.0 Å². The smallest absolute Gasteiger partial charge is 0.0696 e. The average Bonchev–Trinajstić information content (AvgIpc) is 3.02. The Bertz CT molecular complexity index is 765. The minimum atomic E-state index is 0.917. The highest BCUT2D eigenvalue weighted by Gasteiger charge is 2.17. The second kappa shape index (κ2) is 3.57. The molecular weight excluding hydrogens is 220 g/mol. The molecule has 0 radical (unpaired) electrons. The molecule has 1 aromatic heterocycles. The third kappa shape index (κ3) is 1.32. The fraction of sp³-hybridized carbons (Fsp3) is 0.0625. The van der Waals surface area contributed by atoms with Crippen molar-refractivity contribution < 1.29 is 0 Å². The van der Waals surface area contributed by atoms with E-state index >= 15 is 0 Å². The van der Waals surface area contributed by atoms with E-state index in [2.05, 4.69) is 53.6 Å². The van der Waals surface area contributed by atoms with Gasteiger partial charge in [-0.15, -0.1) is 0 Å². The first kappa shape index (κ1) is 9.66. The maximum absolute atomic E-state index is 4.73. The van der Waals surface area contributed by atoms with Crippen LogP contribution in [0.2, 0.25) is 0 Å². The molecule has 2 aromatic carbocycles. The zero-order valence-corrected chi connectivity index (χ0v) is 9.85. The molecule has 0 atom stereocenters. The Kier molecular flexibility index (Phi) is 1.92. The van der Waals surface area contributed by atoms with Crippen LogP contribution in [0.4, 0.5) is 5.69 Å². The number of aromatic nitrogens is 1. The summed E-state index contributed by atoms with van der Waals surface area (Å²) in [5.74, 6) is 0. The number of rotatable bonds is 1. The standard InChI is InChI=1S/C16H12N2/c1-3-7-13-12(6-1)10-17-16(13)15-9-11-5-2-4-8-14(11)18-15/h1-8,10,17H,9H2.